The van der Waals surface area contributed by atoms with Crippen LogP contribution in [0.25, 0.3) is 0 Å². The number of carbonyl (C=O) groups excluding carboxylic acids is 2. The molecule has 0 aliphatic carbocycles. The number of esters is 1. The SMILES string of the molecule is CCCCCCCCCCOC(=O)c1ccc(C(=O)Cl)cc1. The third-order valence-electron chi connectivity index (χ3n) is 3.58. The number of rotatable bonds is 11. The summed E-state index contributed by atoms with van der Waals surface area (Å²) in [4.78, 5) is 22.7. The maximum atomic E-state index is 11.8. The van der Waals surface area contributed by atoms with Gasteiger partial charge in [-0.1, -0.05) is 51.9 Å². The van der Waals surface area contributed by atoms with Gasteiger partial charge in [0.15, 0.2) is 0 Å². The molecule has 0 spiro atoms. The van der Waals surface area contributed by atoms with Crippen molar-refractivity contribution in [1.29, 1.82) is 0 Å². The number of ether oxygens (including phenoxy) is 1. The van der Waals surface area contributed by atoms with Crippen molar-refractivity contribution in [3.05, 3.63) is 35.4 Å². The molecule has 1 rings (SSSR count). The minimum absolute atomic E-state index is 0.350. The molecule has 0 aliphatic heterocycles. The van der Waals surface area contributed by atoms with Crippen LogP contribution in [0, 0.1) is 0 Å². The molecular formula is C18H25ClO3. The first-order valence-electron chi connectivity index (χ1n) is 8.12. The fourth-order valence-electron chi connectivity index (χ4n) is 2.22. The zero-order chi connectivity index (χ0) is 16.2. The Kier molecular flexibility index (Phi) is 9.56. The van der Waals surface area contributed by atoms with Crippen molar-refractivity contribution in [2.45, 2.75) is 58.3 Å². The molecule has 0 heterocycles. The van der Waals surface area contributed by atoms with Gasteiger partial charge in [-0.05, 0) is 42.3 Å². The van der Waals surface area contributed by atoms with Gasteiger partial charge in [-0.15, -0.1) is 0 Å². The summed E-state index contributed by atoms with van der Waals surface area (Å²) >= 11 is 5.35. The largest absolute Gasteiger partial charge is 0.462 e. The summed E-state index contributed by atoms with van der Waals surface area (Å²) in [7, 11) is 0. The van der Waals surface area contributed by atoms with Crippen molar-refractivity contribution < 1.29 is 14.3 Å². The highest BCUT2D eigenvalue weighted by atomic mass is 35.5. The molecule has 0 aliphatic rings. The number of unbranched alkanes of at least 4 members (excludes halogenated alkanes) is 7. The highest BCUT2D eigenvalue weighted by molar-refractivity contribution is 6.67. The average molecular weight is 325 g/mol. The van der Waals surface area contributed by atoms with Gasteiger partial charge in [0.1, 0.15) is 0 Å². The van der Waals surface area contributed by atoms with Crippen LogP contribution in [0.2, 0.25) is 0 Å². The first kappa shape index (κ1) is 18.7. The quantitative estimate of drug-likeness (QED) is 0.312. The zero-order valence-corrected chi connectivity index (χ0v) is 14.0. The first-order chi connectivity index (χ1) is 10.6. The molecule has 0 saturated heterocycles. The summed E-state index contributed by atoms with van der Waals surface area (Å²) < 4.78 is 5.22. The van der Waals surface area contributed by atoms with Crippen LogP contribution in [-0.2, 0) is 4.74 Å². The molecule has 22 heavy (non-hydrogen) atoms. The van der Waals surface area contributed by atoms with E-state index in [-0.39, 0.29) is 5.97 Å². The molecule has 0 fully saturated rings. The number of hydrogen-bond acceptors (Lipinski definition) is 3. The van der Waals surface area contributed by atoms with E-state index in [0.717, 1.165) is 12.8 Å². The van der Waals surface area contributed by atoms with Crippen LogP contribution in [0.15, 0.2) is 24.3 Å². The van der Waals surface area contributed by atoms with Gasteiger partial charge in [-0.3, -0.25) is 4.79 Å². The van der Waals surface area contributed by atoms with Gasteiger partial charge in [0.25, 0.3) is 5.24 Å². The van der Waals surface area contributed by atoms with E-state index in [9.17, 15) is 9.59 Å². The summed E-state index contributed by atoms with van der Waals surface area (Å²) in [5, 5.41) is -0.529. The molecule has 0 unspecified atom stereocenters. The topological polar surface area (TPSA) is 43.4 Å². The Morgan fingerprint density at radius 3 is 1.91 bits per heavy atom. The zero-order valence-electron chi connectivity index (χ0n) is 13.3. The van der Waals surface area contributed by atoms with Crippen molar-refractivity contribution in [1.82, 2.24) is 0 Å². The van der Waals surface area contributed by atoms with E-state index >= 15 is 0 Å². The highest BCUT2D eigenvalue weighted by Gasteiger charge is 2.08. The van der Waals surface area contributed by atoms with Gasteiger partial charge in [0, 0.05) is 5.56 Å². The van der Waals surface area contributed by atoms with Gasteiger partial charge in [-0.2, -0.15) is 0 Å². The van der Waals surface area contributed by atoms with Crippen molar-refractivity contribution in [2.24, 2.45) is 0 Å². The number of hydrogen-bond donors (Lipinski definition) is 0. The lowest BCUT2D eigenvalue weighted by molar-refractivity contribution is 0.0497. The molecule has 0 radical (unpaired) electrons. The third-order valence-corrected chi connectivity index (χ3v) is 3.80. The second-order valence-corrected chi connectivity index (χ2v) is 5.81. The van der Waals surface area contributed by atoms with Crippen LogP contribution >= 0.6 is 11.6 Å². The molecule has 4 heteroatoms. The van der Waals surface area contributed by atoms with E-state index in [0.29, 0.717) is 17.7 Å². The van der Waals surface area contributed by atoms with Crippen molar-refractivity contribution >= 4 is 22.8 Å². The predicted molar refractivity (Wildman–Crippen MR) is 89.5 cm³/mol. The molecule has 1 aromatic rings. The lowest BCUT2D eigenvalue weighted by atomic mass is 10.1. The monoisotopic (exact) mass is 324 g/mol. The molecule has 1 aromatic carbocycles. The van der Waals surface area contributed by atoms with Crippen LogP contribution in [-0.4, -0.2) is 17.8 Å². The number of carbonyl (C=O) groups is 2. The highest BCUT2D eigenvalue weighted by Crippen LogP contribution is 2.10. The van der Waals surface area contributed by atoms with Crippen molar-refractivity contribution in [2.75, 3.05) is 6.61 Å². The number of benzene rings is 1. The second kappa shape index (κ2) is 11.2. The fourth-order valence-corrected chi connectivity index (χ4v) is 2.35. The maximum Gasteiger partial charge on any atom is 0.338 e. The minimum Gasteiger partial charge on any atom is -0.462 e. The lowest BCUT2D eigenvalue weighted by Crippen LogP contribution is -2.06. The number of halogens is 1. The molecule has 0 atom stereocenters. The van der Waals surface area contributed by atoms with Crippen LogP contribution in [0.3, 0.4) is 0 Å². The molecule has 3 nitrogen and oxygen atoms in total. The van der Waals surface area contributed by atoms with Crippen LogP contribution in [0.1, 0.15) is 79.0 Å². The molecule has 0 saturated carbocycles. The Bertz CT molecular complexity index is 454. The standard InChI is InChI=1S/C18H25ClO3/c1-2-3-4-5-6-7-8-9-14-22-18(21)16-12-10-15(11-13-16)17(19)20/h10-13H,2-9,14H2,1H3. The first-order valence-corrected chi connectivity index (χ1v) is 8.50. The van der Waals surface area contributed by atoms with E-state index in [1.807, 2.05) is 0 Å². The molecule has 0 N–H and O–H groups in total. The summed E-state index contributed by atoms with van der Waals surface area (Å²) in [6.07, 6.45) is 9.69. The smallest absolute Gasteiger partial charge is 0.338 e. The van der Waals surface area contributed by atoms with Gasteiger partial charge >= 0.3 is 5.97 Å². The summed E-state index contributed by atoms with van der Waals surface area (Å²) in [6.45, 7) is 2.67. The molecule has 0 amide bonds. The average Bonchev–Trinajstić information content (AvgIpc) is 2.53. The van der Waals surface area contributed by atoms with Gasteiger partial charge in [0.2, 0.25) is 0 Å². The summed E-state index contributed by atoms with van der Waals surface area (Å²) in [5.41, 5.74) is 0.822. The predicted octanol–water partition coefficient (Wildman–Crippen LogP) is 5.36. The molecule has 122 valence electrons. The lowest BCUT2D eigenvalue weighted by Gasteiger charge is -2.05. The molecule has 0 aromatic heterocycles. The van der Waals surface area contributed by atoms with Crippen LogP contribution < -0.4 is 0 Å². The van der Waals surface area contributed by atoms with E-state index in [1.165, 1.54) is 50.7 Å². The van der Waals surface area contributed by atoms with Gasteiger partial charge < -0.3 is 4.74 Å². The third kappa shape index (κ3) is 7.60. The van der Waals surface area contributed by atoms with E-state index < -0.39 is 5.24 Å². The maximum absolute atomic E-state index is 11.8. The Morgan fingerprint density at radius 1 is 0.864 bits per heavy atom. The van der Waals surface area contributed by atoms with Crippen molar-refractivity contribution in [3.8, 4) is 0 Å². The van der Waals surface area contributed by atoms with Gasteiger partial charge in [0.05, 0.1) is 12.2 Å². The van der Waals surface area contributed by atoms with Crippen LogP contribution in [0.4, 0.5) is 0 Å². The van der Waals surface area contributed by atoms with Crippen LogP contribution in [0.5, 0.6) is 0 Å². The Morgan fingerprint density at radius 2 is 1.36 bits per heavy atom. The summed E-state index contributed by atoms with van der Waals surface area (Å²) in [6, 6.07) is 6.18. The van der Waals surface area contributed by atoms with Crippen molar-refractivity contribution in [3.63, 3.8) is 0 Å². The van der Waals surface area contributed by atoms with E-state index in [2.05, 4.69) is 6.92 Å². The fraction of sp³-hybridized carbons (Fsp3) is 0.556. The molecular weight excluding hydrogens is 300 g/mol. The van der Waals surface area contributed by atoms with E-state index in [1.54, 1.807) is 12.1 Å². The van der Waals surface area contributed by atoms with Gasteiger partial charge in [-0.25, -0.2) is 4.79 Å². The van der Waals surface area contributed by atoms with E-state index in [4.69, 9.17) is 16.3 Å². The normalized spacial score (nSPS) is 10.5. The Hall–Kier alpha value is -1.35. The minimum atomic E-state index is -0.529. The Labute approximate surface area is 138 Å². The second-order valence-electron chi connectivity index (χ2n) is 5.46. The summed E-state index contributed by atoms with van der Waals surface area (Å²) in [5.74, 6) is -0.350. The molecule has 0 bridgehead atoms. The Balaban J connectivity index is 2.12.